The van der Waals surface area contributed by atoms with Gasteiger partial charge >= 0.3 is 0 Å². The number of benzene rings is 2. The van der Waals surface area contributed by atoms with Crippen LogP contribution in [0.3, 0.4) is 0 Å². The molecule has 0 saturated heterocycles. The second kappa shape index (κ2) is 7.16. The van der Waals surface area contributed by atoms with Gasteiger partial charge in [-0.3, -0.25) is 4.79 Å². The molecule has 4 rings (SSSR count). The van der Waals surface area contributed by atoms with Gasteiger partial charge in [-0.05, 0) is 18.9 Å². The fraction of sp³-hybridized carbons (Fsp3) is 0.273. The molecular weight excluding hydrogens is 322 g/mol. The third-order valence-corrected chi connectivity index (χ3v) is 4.99. The van der Waals surface area contributed by atoms with E-state index < -0.39 is 0 Å². The maximum absolute atomic E-state index is 12.4. The summed E-state index contributed by atoms with van der Waals surface area (Å²) >= 11 is 0. The number of carbonyl (C=O) groups excluding carboxylic acids is 1. The minimum absolute atomic E-state index is 0.0506. The zero-order valence-electron chi connectivity index (χ0n) is 15.1. The summed E-state index contributed by atoms with van der Waals surface area (Å²) in [7, 11) is 0. The molecule has 1 aliphatic rings. The van der Waals surface area contributed by atoms with E-state index in [4.69, 9.17) is 0 Å². The SMILES string of the molecule is Cc1ccc(-c2c[n+](CC(=O)NCc3ccccc3)c3n2CCC3)cc1. The number of carbonyl (C=O) groups is 1. The fourth-order valence-corrected chi connectivity index (χ4v) is 3.61. The summed E-state index contributed by atoms with van der Waals surface area (Å²) in [4.78, 5) is 12.4. The van der Waals surface area contributed by atoms with Crippen LogP contribution in [0, 0.1) is 6.92 Å². The Morgan fingerprint density at radius 2 is 1.88 bits per heavy atom. The quantitative estimate of drug-likeness (QED) is 0.709. The number of fused-ring (bicyclic) bond motifs is 1. The number of amides is 1. The molecule has 26 heavy (non-hydrogen) atoms. The summed E-state index contributed by atoms with van der Waals surface area (Å²) in [6, 6.07) is 18.6. The second-order valence-electron chi connectivity index (χ2n) is 6.94. The number of hydrogen-bond acceptors (Lipinski definition) is 1. The molecule has 4 nitrogen and oxygen atoms in total. The number of imidazole rings is 1. The summed E-state index contributed by atoms with van der Waals surface area (Å²) in [5.74, 6) is 1.30. The van der Waals surface area contributed by atoms with E-state index >= 15 is 0 Å². The maximum atomic E-state index is 12.4. The Hall–Kier alpha value is -2.88. The van der Waals surface area contributed by atoms with Gasteiger partial charge in [0.1, 0.15) is 6.20 Å². The highest BCUT2D eigenvalue weighted by Crippen LogP contribution is 2.24. The lowest BCUT2D eigenvalue weighted by Gasteiger charge is -2.04. The molecule has 1 aromatic heterocycles. The van der Waals surface area contributed by atoms with Gasteiger partial charge in [0.15, 0.2) is 12.2 Å². The Balaban J connectivity index is 1.51. The van der Waals surface area contributed by atoms with Crippen LogP contribution in [0.5, 0.6) is 0 Å². The van der Waals surface area contributed by atoms with Gasteiger partial charge in [-0.25, -0.2) is 9.13 Å². The topological polar surface area (TPSA) is 37.9 Å². The zero-order chi connectivity index (χ0) is 17.9. The van der Waals surface area contributed by atoms with Crippen molar-refractivity contribution in [3.05, 3.63) is 77.7 Å². The van der Waals surface area contributed by atoms with E-state index in [1.54, 1.807) is 0 Å². The predicted octanol–water partition coefficient (Wildman–Crippen LogP) is 3.01. The van der Waals surface area contributed by atoms with Crippen molar-refractivity contribution in [2.24, 2.45) is 0 Å². The molecule has 1 amide bonds. The first-order valence-corrected chi connectivity index (χ1v) is 9.20. The fourth-order valence-electron chi connectivity index (χ4n) is 3.61. The molecular formula is C22H24N3O+. The van der Waals surface area contributed by atoms with Crippen LogP contribution in [0.1, 0.15) is 23.4 Å². The molecule has 132 valence electrons. The van der Waals surface area contributed by atoms with Gasteiger partial charge in [0.25, 0.3) is 11.7 Å². The molecule has 1 aliphatic heterocycles. The van der Waals surface area contributed by atoms with Gasteiger partial charge in [-0.2, -0.15) is 0 Å². The first-order valence-electron chi connectivity index (χ1n) is 9.20. The number of nitrogens with one attached hydrogen (secondary N) is 1. The van der Waals surface area contributed by atoms with Crippen LogP contribution in [0.15, 0.2) is 60.8 Å². The van der Waals surface area contributed by atoms with Gasteiger partial charge in [-0.15, -0.1) is 0 Å². The lowest BCUT2D eigenvalue weighted by molar-refractivity contribution is -0.690. The summed E-state index contributed by atoms with van der Waals surface area (Å²) in [5.41, 5.74) is 4.79. The van der Waals surface area contributed by atoms with Crippen LogP contribution in [0.4, 0.5) is 0 Å². The Morgan fingerprint density at radius 3 is 2.65 bits per heavy atom. The zero-order valence-corrected chi connectivity index (χ0v) is 15.1. The van der Waals surface area contributed by atoms with E-state index in [-0.39, 0.29) is 5.91 Å². The normalized spacial score (nSPS) is 12.8. The third kappa shape index (κ3) is 3.40. The Kier molecular flexibility index (Phi) is 4.57. The molecule has 0 bridgehead atoms. The average molecular weight is 346 g/mol. The van der Waals surface area contributed by atoms with E-state index in [0.717, 1.165) is 24.9 Å². The molecule has 0 spiro atoms. The van der Waals surface area contributed by atoms with Gasteiger partial charge in [0, 0.05) is 12.1 Å². The highest BCUT2D eigenvalue weighted by Gasteiger charge is 2.29. The van der Waals surface area contributed by atoms with Gasteiger partial charge in [0.05, 0.1) is 13.0 Å². The average Bonchev–Trinajstić information content (AvgIpc) is 3.26. The van der Waals surface area contributed by atoms with Crippen LogP contribution in [0.25, 0.3) is 11.3 Å². The molecule has 2 aromatic carbocycles. The van der Waals surface area contributed by atoms with Crippen molar-refractivity contribution in [2.45, 2.75) is 39.4 Å². The van der Waals surface area contributed by atoms with Gasteiger partial charge < -0.3 is 5.32 Å². The number of nitrogens with zero attached hydrogens (tertiary/aromatic N) is 2. The predicted molar refractivity (Wildman–Crippen MR) is 101 cm³/mol. The maximum Gasteiger partial charge on any atom is 0.262 e. The van der Waals surface area contributed by atoms with E-state index in [1.807, 2.05) is 30.3 Å². The second-order valence-corrected chi connectivity index (χ2v) is 6.94. The molecule has 2 heterocycles. The summed E-state index contributed by atoms with van der Waals surface area (Å²) in [6.07, 6.45) is 4.29. The number of rotatable bonds is 5. The highest BCUT2D eigenvalue weighted by molar-refractivity contribution is 5.74. The van der Waals surface area contributed by atoms with Crippen molar-refractivity contribution in [3.63, 3.8) is 0 Å². The molecule has 0 fully saturated rings. The molecule has 4 heteroatoms. The van der Waals surface area contributed by atoms with E-state index in [9.17, 15) is 4.79 Å². The monoisotopic (exact) mass is 346 g/mol. The highest BCUT2D eigenvalue weighted by atomic mass is 16.1. The summed E-state index contributed by atoms with van der Waals surface area (Å²) in [6.45, 7) is 4.07. The first-order chi connectivity index (χ1) is 12.7. The van der Waals surface area contributed by atoms with Crippen molar-refractivity contribution in [2.75, 3.05) is 0 Å². The van der Waals surface area contributed by atoms with Crippen molar-refractivity contribution < 1.29 is 9.36 Å². The standard InChI is InChI=1S/C22H23N3O/c1-17-9-11-19(12-10-17)20-15-24(22-8-5-13-25(20)22)16-21(26)23-14-18-6-3-2-4-7-18/h2-4,6-7,9-12,15H,5,8,13-14,16H2,1H3/p+1. The van der Waals surface area contributed by atoms with Gasteiger partial charge in [0.2, 0.25) is 0 Å². The number of hydrogen-bond donors (Lipinski definition) is 1. The molecule has 0 atom stereocenters. The Labute approximate surface area is 154 Å². The first kappa shape index (κ1) is 16.6. The molecule has 0 radical (unpaired) electrons. The Bertz CT molecular complexity index is 911. The number of aromatic nitrogens is 2. The number of aryl methyl sites for hydroxylation is 1. The summed E-state index contributed by atoms with van der Waals surface area (Å²) < 4.78 is 4.47. The largest absolute Gasteiger partial charge is 0.349 e. The van der Waals surface area contributed by atoms with Crippen molar-refractivity contribution >= 4 is 5.91 Å². The van der Waals surface area contributed by atoms with E-state index in [1.165, 1.54) is 22.6 Å². The van der Waals surface area contributed by atoms with E-state index in [2.05, 4.69) is 51.8 Å². The lowest BCUT2D eigenvalue weighted by Crippen LogP contribution is -2.44. The Morgan fingerprint density at radius 1 is 1.12 bits per heavy atom. The van der Waals surface area contributed by atoms with Crippen LogP contribution in [-0.4, -0.2) is 10.5 Å². The van der Waals surface area contributed by atoms with E-state index in [0.29, 0.717) is 13.1 Å². The summed E-state index contributed by atoms with van der Waals surface area (Å²) in [5, 5.41) is 3.03. The van der Waals surface area contributed by atoms with Crippen LogP contribution in [-0.2, 0) is 30.8 Å². The van der Waals surface area contributed by atoms with Crippen LogP contribution >= 0.6 is 0 Å². The molecule has 0 saturated carbocycles. The smallest absolute Gasteiger partial charge is 0.262 e. The van der Waals surface area contributed by atoms with Gasteiger partial charge in [-0.1, -0.05) is 60.2 Å². The van der Waals surface area contributed by atoms with Crippen molar-refractivity contribution in [1.29, 1.82) is 0 Å². The van der Waals surface area contributed by atoms with Crippen LogP contribution < -0.4 is 9.88 Å². The molecule has 3 aromatic rings. The minimum atomic E-state index is 0.0506. The minimum Gasteiger partial charge on any atom is -0.349 e. The molecule has 0 unspecified atom stereocenters. The van der Waals surface area contributed by atoms with Crippen molar-refractivity contribution in [3.8, 4) is 11.3 Å². The van der Waals surface area contributed by atoms with Crippen molar-refractivity contribution in [1.82, 2.24) is 9.88 Å². The van der Waals surface area contributed by atoms with Crippen LogP contribution in [0.2, 0.25) is 0 Å². The molecule has 0 aliphatic carbocycles. The molecule has 1 N–H and O–H groups in total. The lowest BCUT2D eigenvalue weighted by atomic mass is 10.1. The third-order valence-electron chi connectivity index (χ3n) is 4.99.